The van der Waals surface area contributed by atoms with E-state index >= 15 is 0 Å². The van der Waals surface area contributed by atoms with E-state index in [0.29, 0.717) is 0 Å². The minimum absolute atomic E-state index is 0.0169. The second-order valence-corrected chi connectivity index (χ2v) is 10.00. The smallest absolute Gasteiger partial charge is 0.431 e. The number of carboxylic acids is 1. The maximum atomic E-state index is 12.0. The van der Waals surface area contributed by atoms with Gasteiger partial charge in [0.1, 0.15) is 17.5 Å². The summed E-state index contributed by atoms with van der Waals surface area (Å²) in [5, 5.41) is 9.16. The zero-order chi connectivity index (χ0) is 27.7. The number of carbonyl (C=O) groups is 3. The van der Waals surface area contributed by atoms with E-state index in [1.165, 1.54) is 12.1 Å². The Kier molecular flexibility index (Phi) is 10.0. The first-order valence-electron chi connectivity index (χ1n) is 11.9. The number of rotatable bonds is 7. The zero-order valence-corrected chi connectivity index (χ0v) is 23.0. The number of hydrogen-bond acceptors (Lipinski definition) is 6. The Morgan fingerprint density at radius 3 is 1.92 bits per heavy atom. The molecule has 3 aromatic carbocycles. The van der Waals surface area contributed by atoms with Crippen molar-refractivity contribution in [2.45, 2.75) is 38.9 Å². The third-order valence-corrected chi connectivity index (χ3v) is 5.93. The van der Waals surface area contributed by atoms with Gasteiger partial charge >= 0.3 is 18.0 Å². The summed E-state index contributed by atoms with van der Waals surface area (Å²) in [7, 11) is 0. The molecule has 9 heteroatoms. The lowest BCUT2D eigenvalue weighted by atomic mass is 9.98. The van der Waals surface area contributed by atoms with Gasteiger partial charge in [0.05, 0.1) is 12.2 Å². The third-order valence-electron chi connectivity index (χ3n) is 5.47. The quantitative estimate of drug-likeness (QED) is 0.197. The van der Waals surface area contributed by atoms with E-state index in [9.17, 15) is 14.4 Å². The molecule has 0 unspecified atom stereocenters. The molecule has 0 spiro atoms. The Bertz CT molecular complexity index is 1220. The molecule has 0 aromatic heterocycles. The van der Waals surface area contributed by atoms with Gasteiger partial charge in [0.2, 0.25) is 0 Å². The number of hydrogen-bond donors (Lipinski definition) is 2. The number of carboxylic acid groups (broad SMARTS) is 1. The molecule has 8 nitrogen and oxygen atoms in total. The van der Waals surface area contributed by atoms with E-state index in [1.54, 1.807) is 12.1 Å². The van der Waals surface area contributed by atoms with E-state index in [1.807, 2.05) is 45.0 Å². The number of carbonyl (C=O) groups excluding carboxylic acids is 2. The molecule has 0 fully saturated rings. The van der Waals surface area contributed by atoms with Crippen molar-refractivity contribution in [3.05, 3.63) is 95.1 Å². The van der Waals surface area contributed by atoms with Gasteiger partial charge in [0.25, 0.3) is 0 Å². The van der Waals surface area contributed by atoms with Crippen LogP contribution in [0.2, 0.25) is 0 Å². The average Bonchev–Trinajstić information content (AvgIpc) is 3.21. The normalized spacial score (nSPS) is 11.9. The molecule has 0 heterocycles. The van der Waals surface area contributed by atoms with Crippen LogP contribution in [0.5, 0.6) is 0 Å². The molecule has 1 amide bonds. The zero-order valence-electron chi connectivity index (χ0n) is 21.4. The molecule has 3 aromatic rings. The number of fused-ring (bicyclic) bond motifs is 3. The molecule has 0 atom stereocenters. The Morgan fingerprint density at radius 1 is 0.895 bits per heavy atom. The van der Waals surface area contributed by atoms with Crippen molar-refractivity contribution < 1.29 is 33.8 Å². The Balaban J connectivity index is 0.000000383. The molecule has 2 N–H and O–H groups in total. The summed E-state index contributed by atoms with van der Waals surface area (Å²) in [5.41, 5.74) is 7.44. The highest BCUT2D eigenvalue weighted by molar-refractivity contribution is 9.09. The van der Waals surface area contributed by atoms with Crippen LogP contribution >= 0.6 is 15.9 Å². The van der Waals surface area contributed by atoms with Gasteiger partial charge in [-0.1, -0.05) is 76.6 Å². The van der Waals surface area contributed by atoms with Gasteiger partial charge in [-0.3, -0.25) is 9.63 Å². The largest absolute Gasteiger partial charge is 0.478 e. The molecular weight excluding hydrogens is 554 g/mol. The maximum Gasteiger partial charge on any atom is 0.431 e. The highest BCUT2D eigenvalue weighted by Crippen LogP contribution is 2.44. The highest BCUT2D eigenvalue weighted by atomic mass is 79.9. The number of amides is 1. The fraction of sp³-hybridized carbons (Fsp3) is 0.276. The molecular formula is C29H30BrNO7. The molecule has 1 aliphatic carbocycles. The first kappa shape index (κ1) is 28.9. The summed E-state index contributed by atoms with van der Waals surface area (Å²) in [6, 6.07) is 22.4. The van der Waals surface area contributed by atoms with E-state index in [0.717, 1.165) is 27.8 Å². The molecule has 1 aliphatic rings. The Morgan fingerprint density at radius 2 is 1.45 bits per heavy atom. The van der Waals surface area contributed by atoms with Crippen molar-refractivity contribution in [1.29, 1.82) is 0 Å². The van der Waals surface area contributed by atoms with Gasteiger partial charge in [0, 0.05) is 5.92 Å². The second-order valence-electron chi connectivity index (χ2n) is 9.44. The standard InChI is InChI=1S/C23H19NO5.C6H11BrO2/c25-22(26)16-11-9-15(10-12-16)13-29-24-23(27)28-14-21-19-7-3-1-5-17(19)18-6-2-4-8-20(18)21;1-6(2,3)9-5(8)4-7/h1-12,21H,13-14H2,(H,24,27)(H,25,26);4H2,1-3H3. The number of esters is 1. The molecule has 0 saturated carbocycles. The first-order valence-corrected chi connectivity index (χ1v) is 13.0. The number of aromatic carboxylic acids is 1. The minimum atomic E-state index is -0.991. The summed E-state index contributed by atoms with van der Waals surface area (Å²) in [6.07, 6.45) is -0.672. The van der Waals surface area contributed by atoms with E-state index < -0.39 is 12.1 Å². The number of ether oxygens (including phenoxy) is 2. The highest BCUT2D eigenvalue weighted by Gasteiger charge is 2.29. The van der Waals surface area contributed by atoms with Crippen molar-refractivity contribution in [3.8, 4) is 11.1 Å². The lowest BCUT2D eigenvalue weighted by molar-refractivity contribution is -0.151. The van der Waals surface area contributed by atoms with Crippen LogP contribution in [0.1, 0.15) is 53.7 Å². The first-order chi connectivity index (χ1) is 18.1. The van der Waals surface area contributed by atoms with Crippen molar-refractivity contribution in [3.63, 3.8) is 0 Å². The second kappa shape index (κ2) is 13.2. The minimum Gasteiger partial charge on any atom is -0.478 e. The van der Waals surface area contributed by atoms with Crippen molar-refractivity contribution >= 4 is 34.0 Å². The number of nitrogens with one attached hydrogen (secondary N) is 1. The molecule has 0 saturated heterocycles. The van der Waals surface area contributed by atoms with Gasteiger partial charge in [-0.25, -0.2) is 9.59 Å². The van der Waals surface area contributed by atoms with Crippen LogP contribution in [0.15, 0.2) is 72.8 Å². The van der Waals surface area contributed by atoms with Crippen LogP contribution in [0.25, 0.3) is 11.1 Å². The topological polar surface area (TPSA) is 111 Å². The number of alkyl halides is 1. The molecule has 0 radical (unpaired) electrons. The summed E-state index contributed by atoms with van der Waals surface area (Å²) >= 11 is 2.99. The Hall–Kier alpha value is -3.69. The number of benzene rings is 3. The SMILES string of the molecule is CC(C)(C)OC(=O)CBr.O=C(NOCc1ccc(C(=O)O)cc1)OCC1c2ccccc2-c2ccccc21. The van der Waals surface area contributed by atoms with Crippen LogP contribution in [-0.4, -0.2) is 40.7 Å². The molecule has 38 heavy (non-hydrogen) atoms. The van der Waals surface area contributed by atoms with Gasteiger partial charge < -0.3 is 14.6 Å². The lowest BCUT2D eigenvalue weighted by Crippen LogP contribution is -2.26. The van der Waals surface area contributed by atoms with Gasteiger partial charge in [-0.15, -0.1) is 0 Å². The van der Waals surface area contributed by atoms with Crippen molar-refractivity contribution in [2.24, 2.45) is 0 Å². The van der Waals surface area contributed by atoms with Gasteiger partial charge in [0.15, 0.2) is 0 Å². The van der Waals surface area contributed by atoms with Crippen LogP contribution < -0.4 is 5.48 Å². The van der Waals surface area contributed by atoms with Gasteiger partial charge in [-0.2, -0.15) is 5.48 Å². The van der Waals surface area contributed by atoms with Crippen LogP contribution in [0.3, 0.4) is 0 Å². The van der Waals surface area contributed by atoms with E-state index in [4.69, 9.17) is 19.4 Å². The number of hydroxylamine groups is 1. The summed E-state index contributed by atoms with van der Waals surface area (Å²) in [4.78, 5) is 38.6. The third kappa shape index (κ3) is 8.16. The monoisotopic (exact) mass is 583 g/mol. The van der Waals surface area contributed by atoms with Crippen LogP contribution in [0.4, 0.5) is 4.79 Å². The summed E-state index contributed by atoms with van der Waals surface area (Å²) < 4.78 is 10.3. The predicted octanol–water partition coefficient (Wildman–Crippen LogP) is 6.08. The lowest BCUT2D eigenvalue weighted by Gasteiger charge is -2.18. The fourth-order valence-corrected chi connectivity index (χ4v) is 4.03. The van der Waals surface area contributed by atoms with Crippen molar-refractivity contribution in [1.82, 2.24) is 5.48 Å². The molecule has 0 bridgehead atoms. The van der Waals surface area contributed by atoms with Gasteiger partial charge in [-0.05, 0) is 60.7 Å². The van der Waals surface area contributed by atoms with Crippen LogP contribution in [-0.2, 0) is 25.7 Å². The summed E-state index contributed by atoms with van der Waals surface area (Å²) in [6.45, 7) is 5.83. The van der Waals surface area contributed by atoms with E-state index in [-0.39, 0.29) is 41.6 Å². The average molecular weight is 584 g/mol. The molecule has 0 aliphatic heterocycles. The molecule has 200 valence electrons. The van der Waals surface area contributed by atoms with E-state index in [2.05, 4.69) is 45.7 Å². The maximum absolute atomic E-state index is 12.0. The van der Waals surface area contributed by atoms with Crippen molar-refractivity contribution in [2.75, 3.05) is 11.9 Å². The predicted molar refractivity (Wildman–Crippen MR) is 146 cm³/mol. The Labute approximate surface area is 230 Å². The van der Waals surface area contributed by atoms with Crippen LogP contribution in [0, 0.1) is 0 Å². The fourth-order valence-electron chi connectivity index (χ4n) is 3.92. The number of halogens is 1. The molecule has 4 rings (SSSR count). The summed E-state index contributed by atoms with van der Waals surface area (Å²) in [5.74, 6) is -1.23.